The Balaban J connectivity index is 1.63. The first-order valence-corrected chi connectivity index (χ1v) is 12.3. The van der Waals surface area contributed by atoms with Gasteiger partial charge in [-0.1, -0.05) is 97.1 Å². The Labute approximate surface area is 211 Å². The minimum atomic E-state index is -0.726. The average molecular weight is 477 g/mol. The summed E-state index contributed by atoms with van der Waals surface area (Å²) in [5, 5.41) is 3.96. The molecule has 1 unspecified atom stereocenters. The average Bonchev–Trinajstić information content (AvgIpc) is 3.50. The molecule has 2 saturated heterocycles. The van der Waals surface area contributed by atoms with Gasteiger partial charge in [-0.15, -0.1) is 0 Å². The number of benzene rings is 4. The van der Waals surface area contributed by atoms with E-state index in [9.17, 15) is 4.79 Å². The van der Waals surface area contributed by atoms with Crippen molar-refractivity contribution in [3.8, 4) is 0 Å². The third-order valence-electron chi connectivity index (χ3n) is 7.18. The quantitative estimate of drug-likeness (QED) is 0.331. The smallest absolute Gasteiger partial charge is 0.161 e. The molecule has 0 radical (unpaired) electrons. The van der Waals surface area contributed by atoms with E-state index < -0.39 is 17.7 Å². The lowest BCUT2D eigenvalue weighted by molar-refractivity contribution is -0.126. The number of hydrogen-bond acceptors (Lipinski definition) is 5. The summed E-state index contributed by atoms with van der Waals surface area (Å²) in [6.07, 6.45) is -0.490. The Bertz CT molecular complexity index is 1320. The summed E-state index contributed by atoms with van der Waals surface area (Å²) in [4.78, 5) is 26.2. The molecule has 0 saturated carbocycles. The van der Waals surface area contributed by atoms with Crippen LogP contribution in [-0.4, -0.2) is 17.4 Å². The minimum Gasteiger partial charge on any atom is -0.297 e. The molecule has 4 aromatic rings. The molecule has 36 heavy (non-hydrogen) atoms. The zero-order chi connectivity index (χ0) is 24.5. The van der Waals surface area contributed by atoms with E-state index in [1.54, 1.807) is 6.92 Å². The second-order valence-electron chi connectivity index (χ2n) is 9.40. The summed E-state index contributed by atoms with van der Waals surface area (Å²) in [5.74, 6) is 0.00425. The van der Waals surface area contributed by atoms with Gasteiger partial charge in [-0.2, -0.15) is 0 Å². The monoisotopic (exact) mass is 476 g/mol. The highest BCUT2D eigenvalue weighted by molar-refractivity contribution is 5.82. The zero-order valence-electron chi connectivity index (χ0n) is 20.1. The summed E-state index contributed by atoms with van der Waals surface area (Å²) in [6.45, 7) is 1.60. The zero-order valence-corrected chi connectivity index (χ0v) is 20.1. The highest BCUT2D eigenvalue weighted by atomic mass is 16.7. The molecule has 0 aromatic heterocycles. The second kappa shape index (κ2) is 9.26. The Morgan fingerprint density at radius 3 is 1.75 bits per heavy atom. The van der Waals surface area contributed by atoms with Gasteiger partial charge in [-0.05, 0) is 42.3 Å². The van der Waals surface area contributed by atoms with Gasteiger partial charge in [-0.25, -0.2) is 10.1 Å². The standard InChI is InChI=1S/C31H28N2O3/c1-23(34)28-22-31(33(35-28)27-20-12-5-13-21-27)29(24-14-6-2-7-15-24)32(26-18-10-4-11-19-26)36-30(31)25-16-8-3-9-17-25/h2-21,28-30H,22H2,1H3/t28?,29-,30-,31-/m0/s1. The molecule has 2 heterocycles. The molecular formula is C31H28N2O3. The number of para-hydroxylation sites is 2. The van der Waals surface area contributed by atoms with Gasteiger partial charge in [0, 0.05) is 6.42 Å². The van der Waals surface area contributed by atoms with E-state index in [1.807, 2.05) is 95.1 Å². The van der Waals surface area contributed by atoms with Crippen molar-refractivity contribution in [2.75, 3.05) is 10.1 Å². The summed E-state index contributed by atoms with van der Waals surface area (Å²) in [7, 11) is 0. The van der Waals surface area contributed by atoms with Crippen molar-refractivity contribution < 1.29 is 14.5 Å². The maximum atomic E-state index is 12.8. The van der Waals surface area contributed by atoms with Crippen molar-refractivity contribution in [2.24, 2.45) is 0 Å². The van der Waals surface area contributed by atoms with E-state index >= 15 is 0 Å². The van der Waals surface area contributed by atoms with Crippen molar-refractivity contribution in [3.05, 3.63) is 132 Å². The van der Waals surface area contributed by atoms with Gasteiger partial charge < -0.3 is 0 Å². The van der Waals surface area contributed by atoms with E-state index in [1.165, 1.54) is 0 Å². The van der Waals surface area contributed by atoms with Crippen LogP contribution in [0.3, 0.4) is 0 Å². The van der Waals surface area contributed by atoms with Crippen LogP contribution in [0.2, 0.25) is 0 Å². The normalized spacial score (nSPS) is 25.4. The third kappa shape index (κ3) is 3.68. The first kappa shape index (κ1) is 22.5. The van der Waals surface area contributed by atoms with Crippen LogP contribution in [0, 0.1) is 0 Å². The van der Waals surface area contributed by atoms with Crippen LogP contribution in [0.5, 0.6) is 0 Å². The molecule has 180 valence electrons. The maximum absolute atomic E-state index is 12.8. The number of carbonyl (C=O) groups is 1. The fourth-order valence-electron chi connectivity index (χ4n) is 5.59. The summed E-state index contributed by atoms with van der Waals surface area (Å²) in [6, 6.07) is 40.5. The molecule has 0 bridgehead atoms. The van der Waals surface area contributed by atoms with Crippen LogP contribution in [-0.2, 0) is 14.5 Å². The minimum absolute atomic E-state index is 0.00425. The lowest BCUT2D eigenvalue weighted by Gasteiger charge is -2.41. The van der Waals surface area contributed by atoms with Gasteiger partial charge in [0.15, 0.2) is 5.78 Å². The van der Waals surface area contributed by atoms with Crippen molar-refractivity contribution in [2.45, 2.75) is 37.1 Å². The summed E-state index contributed by atoms with van der Waals surface area (Å²) >= 11 is 0. The molecule has 4 aromatic carbocycles. The van der Waals surface area contributed by atoms with Crippen LogP contribution in [0.25, 0.3) is 0 Å². The molecule has 6 rings (SSSR count). The Morgan fingerprint density at radius 2 is 1.19 bits per heavy atom. The van der Waals surface area contributed by atoms with Gasteiger partial charge >= 0.3 is 0 Å². The Hall–Kier alpha value is -3.93. The lowest BCUT2D eigenvalue weighted by atomic mass is 9.75. The van der Waals surface area contributed by atoms with Crippen LogP contribution in [0.15, 0.2) is 121 Å². The highest BCUT2D eigenvalue weighted by Gasteiger charge is 2.66. The summed E-state index contributed by atoms with van der Waals surface area (Å²) < 4.78 is 0. The van der Waals surface area contributed by atoms with E-state index in [2.05, 4.69) is 36.4 Å². The third-order valence-corrected chi connectivity index (χ3v) is 7.18. The number of carbonyl (C=O) groups excluding carboxylic acids is 1. The molecule has 0 amide bonds. The topological polar surface area (TPSA) is 42.0 Å². The first-order valence-electron chi connectivity index (χ1n) is 12.3. The van der Waals surface area contributed by atoms with Crippen LogP contribution in [0.4, 0.5) is 11.4 Å². The molecule has 5 heteroatoms. The fourth-order valence-corrected chi connectivity index (χ4v) is 5.59. The lowest BCUT2D eigenvalue weighted by Crippen LogP contribution is -2.51. The van der Waals surface area contributed by atoms with Crippen molar-refractivity contribution in [1.82, 2.24) is 0 Å². The van der Waals surface area contributed by atoms with Crippen molar-refractivity contribution in [3.63, 3.8) is 0 Å². The van der Waals surface area contributed by atoms with Gasteiger partial charge in [0.25, 0.3) is 0 Å². The number of hydroxylamine groups is 2. The molecule has 2 aliphatic rings. The van der Waals surface area contributed by atoms with Gasteiger partial charge in [0.1, 0.15) is 23.8 Å². The van der Waals surface area contributed by atoms with Crippen LogP contribution in [0.1, 0.15) is 36.6 Å². The van der Waals surface area contributed by atoms with Gasteiger partial charge in [0.05, 0.1) is 11.4 Å². The van der Waals surface area contributed by atoms with E-state index in [-0.39, 0.29) is 11.8 Å². The molecule has 0 aliphatic carbocycles. The van der Waals surface area contributed by atoms with E-state index in [4.69, 9.17) is 9.68 Å². The molecule has 5 nitrogen and oxygen atoms in total. The number of hydrogen-bond donors (Lipinski definition) is 0. The van der Waals surface area contributed by atoms with Crippen molar-refractivity contribution >= 4 is 17.2 Å². The molecule has 0 N–H and O–H groups in total. The Morgan fingerprint density at radius 1 is 0.694 bits per heavy atom. The van der Waals surface area contributed by atoms with Crippen LogP contribution < -0.4 is 10.1 Å². The molecule has 2 aliphatic heterocycles. The van der Waals surface area contributed by atoms with Gasteiger partial charge in [-0.3, -0.25) is 14.5 Å². The largest absolute Gasteiger partial charge is 0.297 e. The number of anilines is 2. The number of nitrogens with zero attached hydrogens (tertiary/aromatic N) is 2. The van der Waals surface area contributed by atoms with E-state index in [0.717, 1.165) is 22.5 Å². The second-order valence-corrected chi connectivity index (χ2v) is 9.40. The fraction of sp³-hybridized carbons (Fsp3) is 0.194. The summed E-state index contributed by atoms with van der Waals surface area (Å²) in [5.41, 5.74) is 3.24. The highest BCUT2D eigenvalue weighted by Crippen LogP contribution is 2.60. The predicted molar refractivity (Wildman–Crippen MR) is 140 cm³/mol. The number of ketones is 1. The maximum Gasteiger partial charge on any atom is 0.161 e. The molecule has 2 fully saturated rings. The molecule has 1 spiro atoms. The van der Waals surface area contributed by atoms with Crippen LogP contribution >= 0.6 is 0 Å². The van der Waals surface area contributed by atoms with Crippen molar-refractivity contribution in [1.29, 1.82) is 0 Å². The number of rotatable bonds is 5. The first-order chi connectivity index (χ1) is 17.7. The van der Waals surface area contributed by atoms with Gasteiger partial charge in [0.2, 0.25) is 0 Å². The van der Waals surface area contributed by atoms with E-state index in [0.29, 0.717) is 6.42 Å². The molecular weight excluding hydrogens is 448 g/mol. The SMILES string of the molecule is CC(=O)C1C[C@@]2([C@H](c3ccccc3)N(c3ccccc3)O[C@H]2c2ccccc2)N(c2ccccc2)O1. The Kier molecular flexibility index (Phi) is 5.80. The number of Topliss-reactive ketones (excluding diaryl/α,β-unsaturated/α-hetero) is 1. The predicted octanol–water partition coefficient (Wildman–Crippen LogP) is 6.46. The molecule has 4 atom stereocenters.